The van der Waals surface area contributed by atoms with Crippen LogP contribution in [0.3, 0.4) is 0 Å². The Morgan fingerprint density at radius 2 is 1.69 bits per heavy atom. The van der Waals surface area contributed by atoms with Crippen molar-refractivity contribution in [2.24, 2.45) is 11.8 Å². The number of amides is 2. The maximum absolute atomic E-state index is 13.3. The lowest BCUT2D eigenvalue weighted by molar-refractivity contribution is -0.131. The molecule has 0 aromatic heterocycles. The Bertz CT molecular complexity index is 818. The smallest absolute Gasteiger partial charge is 0.417 e. The van der Waals surface area contributed by atoms with E-state index in [1.54, 1.807) is 0 Å². The van der Waals surface area contributed by atoms with Crippen LogP contribution in [0.1, 0.15) is 37.4 Å². The molecule has 26 heavy (non-hydrogen) atoms. The number of rotatable bonds is 4. The molecule has 1 saturated carbocycles. The first-order chi connectivity index (χ1) is 12.6. The van der Waals surface area contributed by atoms with Crippen molar-refractivity contribution in [1.29, 1.82) is 0 Å². The fraction of sp³-hybridized carbons (Fsp3) is 0.364. The fourth-order valence-electron chi connectivity index (χ4n) is 4.38. The molecule has 2 fully saturated rings. The number of carbonyl (C=O) groups is 2. The van der Waals surface area contributed by atoms with Gasteiger partial charge in [-0.25, -0.2) is 9.69 Å². The van der Waals surface area contributed by atoms with Crippen LogP contribution in [0.25, 0.3) is 0 Å². The Morgan fingerprint density at radius 1 is 1.08 bits per heavy atom. The SMILES string of the molecule is CC(C)[C@@]1(c2ccccc2)CC1C(=O)N1C(=O)OC[C@H]1c1ccccc1. The van der Waals surface area contributed by atoms with Crippen LogP contribution in [-0.2, 0) is 14.9 Å². The number of hydrogen-bond donors (Lipinski definition) is 0. The predicted octanol–water partition coefficient (Wildman–Crippen LogP) is 4.32. The summed E-state index contributed by atoms with van der Waals surface area (Å²) in [6, 6.07) is 19.5. The zero-order chi connectivity index (χ0) is 18.3. The number of hydrogen-bond acceptors (Lipinski definition) is 3. The summed E-state index contributed by atoms with van der Waals surface area (Å²) in [5.74, 6) is 0.0216. The summed E-state index contributed by atoms with van der Waals surface area (Å²) in [4.78, 5) is 27.0. The second-order valence-electron chi connectivity index (χ2n) is 7.53. The van der Waals surface area contributed by atoms with Gasteiger partial charge in [0.05, 0.1) is 0 Å². The summed E-state index contributed by atoms with van der Waals surface area (Å²) >= 11 is 0. The van der Waals surface area contributed by atoms with E-state index in [1.807, 2.05) is 48.5 Å². The van der Waals surface area contributed by atoms with Gasteiger partial charge in [0, 0.05) is 11.3 Å². The molecule has 0 radical (unpaired) electrons. The van der Waals surface area contributed by atoms with Crippen LogP contribution in [0.4, 0.5) is 4.79 Å². The average molecular weight is 349 g/mol. The molecule has 4 nitrogen and oxygen atoms in total. The van der Waals surface area contributed by atoms with Gasteiger partial charge in [0.2, 0.25) is 5.91 Å². The zero-order valence-electron chi connectivity index (χ0n) is 15.1. The molecule has 2 aliphatic rings. The van der Waals surface area contributed by atoms with Gasteiger partial charge in [-0.05, 0) is 23.5 Å². The maximum Gasteiger partial charge on any atom is 0.417 e. The molecule has 4 rings (SSSR count). The van der Waals surface area contributed by atoms with E-state index in [-0.39, 0.29) is 29.9 Å². The zero-order valence-corrected chi connectivity index (χ0v) is 15.1. The molecule has 2 aromatic rings. The highest BCUT2D eigenvalue weighted by molar-refractivity contribution is 5.97. The van der Waals surface area contributed by atoms with Gasteiger partial charge < -0.3 is 4.74 Å². The molecule has 2 amide bonds. The van der Waals surface area contributed by atoms with Crippen LogP contribution in [-0.4, -0.2) is 23.5 Å². The summed E-state index contributed by atoms with van der Waals surface area (Å²) in [5.41, 5.74) is 1.92. The van der Waals surface area contributed by atoms with Crippen LogP contribution >= 0.6 is 0 Å². The molecule has 2 aromatic carbocycles. The standard InChI is InChI=1S/C22H23NO3/c1-15(2)22(17-11-7-4-8-12-17)13-18(22)20(24)23-19(14-26-21(23)25)16-9-5-3-6-10-16/h3-12,15,18-19H,13-14H2,1-2H3/t18?,19-,22+/m0/s1. The minimum Gasteiger partial charge on any atom is -0.446 e. The van der Waals surface area contributed by atoms with Crippen LogP contribution in [0.15, 0.2) is 60.7 Å². The van der Waals surface area contributed by atoms with Crippen molar-refractivity contribution in [1.82, 2.24) is 4.90 Å². The van der Waals surface area contributed by atoms with Crippen LogP contribution in [0.2, 0.25) is 0 Å². The molecule has 134 valence electrons. The summed E-state index contributed by atoms with van der Waals surface area (Å²) in [6.07, 6.45) is 0.250. The van der Waals surface area contributed by atoms with Gasteiger partial charge in [-0.2, -0.15) is 0 Å². The first-order valence-corrected chi connectivity index (χ1v) is 9.16. The van der Waals surface area contributed by atoms with E-state index in [0.29, 0.717) is 5.92 Å². The second kappa shape index (κ2) is 6.27. The van der Waals surface area contributed by atoms with Crippen molar-refractivity contribution in [2.75, 3.05) is 6.61 Å². The van der Waals surface area contributed by atoms with Crippen LogP contribution in [0.5, 0.6) is 0 Å². The van der Waals surface area contributed by atoms with E-state index >= 15 is 0 Å². The largest absolute Gasteiger partial charge is 0.446 e. The summed E-state index contributed by atoms with van der Waals surface area (Å²) < 4.78 is 5.23. The van der Waals surface area contributed by atoms with E-state index in [4.69, 9.17) is 4.74 Å². The fourth-order valence-corrected chi connectivity index (χ4v) is 4.38. The number of benzene rings is 2. The first kappa shape index (κ1) is 16.8. The molecule has 3 atom stereocenters. The normalized spacial score (nSPS) is 27.5. The molecule has 1 saturated heterocycles. The minimum absolute atomic E-state index is 0.112. The van der Waals surface area contributed by atoms with E-state index < -0.39 is 6.09 Å². The number of ether oxygens (including phenoxy) is 1. The maximum atomic E-state index is 13.3. The highest BCUT2D eigenvalue weighted by Crippen LogP contribution is 2.60. The van der Waals surface area contributed by atoms with Gasteiger partial charge in [-0.3, -0.25) is 4.79 Å². The Kier molecular flexibility index (Phi) is 4.06. The lowest BCUT2D eigenvalue weighted by Gasteiger charge is -2.25. The third kappa shape index (κ3) is 2.52. The van der Waals surface area contributed by atoms with Crippen LogP contribution in [0, 0.1) is 11.8 Å². The second-order valence-corrected chi connectivity index (χ2v) is 7.53. The number of carbonyl (C=O) groups excluding carboxylic acids is 2. The summed E-state index contributed by atoms with van der Waals surface area (Å²) in [7, 11) is 0. The average Bonchev–Trinajstić information content (AvgIpc) is 3.33. The number of cyclic esters (lactones) is 1. The van der Waals surface area contributed by atoms with E-state index in [2.05, 4.69) is 26.0 Å². The highest BCUT2D eigenvalue weighted by atomic mass is 16.6. The quantitative estimate of drug-likeness (QED) is 0.826. The Balaban J connectivity index is 1.64. The Morgan fingerprint density at radius 3 is 2.31 bits per heavy atom. The van der Waals surface area contributed by atoms with E-state index in [1.165, 1.54) is 10.5 Å². The van der Waals surface area contributed by atoms with Gasteiger partial charge in [0.1, 0.15) is 12.6 Å². The summed E-state index contributed by atoms with van der Waals surface area (Å²) in [5, 5.41) is 0. The predicted molar refractivity (Wildman–Crippen MR) is 98.4 cm³/mol. The molecule has 0 spiro atoms. The van der Waals surface area contributed by atoms with Gasteiger partial charge in [-0.15, -0.1) is 0 Å². The number of imide groups is 1. The monoisotopic (exact) mass is 349 g/mol. The minimum atomic E-state index is -0.526. The third-order valence-corrected chi connectivity index (χ3v) is 5.94. The van der Waals surface area contributed by atoms with Crippen LogP contribution < -0.4 is 0 Å². The van der Waals surface area contributed by atoms with Crippen molar-refractivity contribution in [3.8, 4) is 0 Å². The topological polar surface area (TPSA) is 46.6 Å². The van der Waals surface area contributed by atoms with Crippen molar-refractivity contribution >= 4 is 12.0 Å². The van der Waals surface area contributed by atoms with E-state index in [0.717, 1.165) is 12.0 Å². The molecule has 0 N–H and O–H groups in total. The van der Waals surface area contributed by atoms with E-state index in [9.17, 15) is 9.59 Å². The van der Waals surface area contributed by atoms with Gasteiger partial charge in [-0.1, -0.05) is 74.5 Å². The van der Waals surface area contributed by atoms with Crippen molar-refractivity contribution < 1.29 is 14.3 Å². The van der Waals surface area contributed by atoms with Crippen molar-refractivity contribution in [3.63, 3.8) is 0 Å². The first-order valence-electron chi connectivity index (χ1n) is 9.16. The molecule has 1 unspecified atom stereocenters. The molecule has 1 heterocycles. The molecular weight excluding hydrogens is 326 g/mol. The van der Waals surface area contributed by atoms with Gasteiger partial charge >= 0.3 is 6.09 Å². The Labute approximate surface area is 153 Å². The molecule has 1 aliphatic carbocycles. The van der Waals surface area contributed by atoms with Gasteiger partial charge in [0.25, 0.3) is 0 Å². The molecular formula is C22H23NO3. The molecule has 1 aliphatic heterocycles. The Hall–Kier alpha value is -2.62. The highest BCUT2D eigenvalue weighted by Gasteiger charge is 2.63. The number of nitrogens with zero attached hydrogens (tertiary/aromatic N) is 1. The van der Waals surface area contributed by atoms with Crippen molar-refractivity contribution in [3.05, 3.63) is 71.8 Å². The lowest BCUT2D eigenvalue weighted by atomic mass is 9.82. The molecule has 0 bridgehead atoms. The summed E-state index contributed by atoms with van der Waals surface area (Å²) in [6.45, 7) is 4.52. The lowest BCUT2D eigenvalue weighted by Crippen LogP contribution is -2.37. The van der Waals surface area contributed by atoms with Crippen molar-refractivity contribution in [2.45, 2.75) is 31.7 Å². The molecule has 4 heteroatoms. The van der Waals surface area contributed by atoms with Gasteiger partial charge in [0.15, 0.2) is 0 Å². The third-order valence-electron chi connectivity index (χ3n) is 5.94.